The normalized spacial score (nSPS) is 13.7. The fourth-order valence-electron chi connectivity index (χ4n) is 2.78. The molecule has 0 spiro atoms. The van der Waals surface area contributed by atoms with Gasteiger partial charge in [0.2, 0.25) is 0 Å². The molecule has 18 heavy (non-hydrogen) atoms. The lowest BCUT2D eigenvalue weighted by molar-refractivity contribution is 0.307. The van der Waals surface area contributed by atoms with Gasteiger partial charge in [0, 0.05) is 17.5 Å². The van der Waals surface area contributed by atoms with Gasteiger partial charge in [-0.2, -0.15) is 0 Å². The van der Waals surface area contributed by atoms with Gasteiger partial charge >= 0.3 is 0 Å². The van der Waals surface area contributed by atoms with E-state index in [4.69, 9.17) is 12.2 Å². The summed E-state index contributed by atoms with van der Waals surface area (Å²) in [5.41, 5.74) is 4.75. The first-order valence-electron chi connectivity index (χ1n) is 6.11. The van der Waals surface area contributed by atoms with Crippen molar-refractivity contribution in [1.29, 1.82) is 0 Å². The molecule has 2 nitrogen and oxygen atoms in total. The number of nitrogens with zero attached hydrogens (tertiary/aromatic N) is 1. The van der Waals surface area contributed by atoms with Crippen LogP contribution in [-0.4, -0.2) is 23.2 Å². The van der Waals surface area contributed by atoms with Crippen LogP contribution in [0.15, 0.2) is 24.3 Å². The molecule has 0 bridgehead atoms. The Morgan fingerprint density at radius 3 is 2.44 bits per heavy atom. The zero-order valence-electron chi connectivity index (χ0n) is 10.5. The number of aliphatic hydroxyl groups is 1. The molecule has 1 aliphatic heterocycles. The molecule has 0 unspecified atom stereocenters. The summed E-state index contributed by atoms with van der Waals surface area (Å²) in [6, 6.07) is 8.52. The Kier molecular flexibility index (Phi) is 2.61. The molecule has 0 aliphatic carbocycles. The topological polar surface area (TPSA) is 23.5 Å². The first-order chi connectivity index (χ1) is 8.65. The number of aryl methyl sites for hydroxylation is 2. The van der Waals surface area contributed by atoms with Crippen LogP contribution in [0.3, 0.4) is 0 Å². The van der Waals surface area contributed by atoms with E-state index in [0.717, 1.165) is 10.6 Å². The third kappa shape index (κ3) is 1.41. The number of thiocarbonyl (C=S) groups is 1. The molecule has 0 saturated carbocycles. The number of hydrogen-bond donors (Lipinski definition) is 1. The lowest BCUT2D eigenvalue weighted by Gasteiger charge is -2.20. The molecule has 0 radical (unpaired) electrons. The SMILES string of the molecule is Cc1ccc2ccc(C)c3c2c1C(=S)N3CCO. The Morgan fingerprint density at radius 2 is 1.78 bits per heavy atom. The van der Waals surface area contributed by atoms with Crippen molar-refractivity contribution in [2.45, 2.75) is 13.8 Å². The minimum absolute atomic E-state index is 0.114. The van der Waals surface area contributed by atoms with Gasteiger partial charge in [-0.1, -0.05) is 36.5 Å². The Balaban J connectivity index is 2.41. The quantitative estimate of drug-likeness (QED) is 0.837. The Hall–Kier alpha value is -1.45. The van der Waals surface area contributed by atoms with Gasteiger partial charge in [-0.05, 0) is 30.4 Å². The van der Waals surface area contributed by atoms with Crippen LogP contribution in [0.5, 0.6) is 0 Å². The summed E-state index contributed by atoms with van der Waals surface area (Å²) in [7, 11) is 0. The van der Waals surface area contributed by atoms with Gasteiger partial charge in [0.1, 0.15) is 4.99 Å². The number of benzene rings is 2. The van der Waals surface area contributed by atoms with E-state index in [-0.39, 0.29) is 6.61 Å². The summed E-state index contributed by atoms with van der Waals surface area (Å²) in [5.74, 6) is 0. The van der Waals surface area contributed by atoms with Crippen molar-refractivity contribution < 1.29 is 5.11 Å². The van der Waals surface area contributed by atoms with Crippen LogP contribution in [0.2, 0.25) is 0 Å². The second kappa shape index (κ2) is 4.04. The third-order valence-electron chi connectivity index (χ3n) is 3.62. The second-order valence-corrected chi connectivity index (χ2v) is 5.15. The molecule has 1 N–H and O–H groups in total. The highest BCUT2D eigenvalue weighted by Gasteiger charge is 2.28. The molecule has 3 rings (SSSR count). The van der Waals surface area contributed by atoms with Gasteiger partial charge in [0.25, 0.3) is 0 Å². The monoisotopic (exact) mass is 257 g/mol. The molecular formula is C15H15NOS. The van der Waals surface area contributed by atoms with Gasteiger partial charge < -0.3 is 10.0 Å². The number of β-amino-alcohol motifs (C(OH)–C–C–N with tert-alkyl or cyclic N) is 1. The zero-order valence-corrected chi connectivity index (χ0v) is 11.3. The third-order valence-corrected chi connectivity index (χ3v) is 4.05. The maximum atomic E-state index is 9.24. The van der Waals surface area contributed by atoms with Crippen LogP contribution in [-0.2, 0) is 0 Å². The van der Waals surface area contributed by atoms with Crippen molar-refractivity contribution in [3.05, 3.63) is 41.0 Å². The lowest BCUT2D eigenvalue weighted by atomic mass is 9.99. The summed E-state index contributed by atoms with van der Waals surface area (Å²) in [5, 5.41) is 11.7. The minimum Gasteiger partial charge on any atom is -0.395 e. The summed E-state index contributed by atoms with van der Waals surface area (Å²) >= 11 is 5.58. The number of hydrogen-bond acceptors (Lipinski definition) is 2. The average Bonchev–Trinajstić information content (AvgIpc) is 2.64. The van der Waals surface area contributed by atoms with Crippen LogP contribution in [0.1, 0.15) is 16.7 Å². The molecular weight excluding hydrogens is 242 g/mol. The molecule has 0 fully saturated rings. The smallest absolute Gasteiger partial charge is 0.114 e. The maximum absolute atomic E-state index is 9.24. The number of anilines is 1. The van der Waals surface area contributed by atoms with Crippen LogP contribution < -0.4 is 4.90 Å². The Morgan fingerprint density at radius 1 is 1.11 bits per heavy atom. The fourth-order valence-corrected chi connectivity index (χ4v) is 3.23. The van der Waals surface area contributed by atoms with E-state index in [1.165, 1.54) is 27.6 Å². The molecule has 0 saturated heterocycles. The fraction of sp³-hybridized carbons (Fsp3) is 0.267. The van der Waals surface area contributed by atoms with Crippen molar-refractivity contribution in [1.82, 2.24) is 0 Å². The van der Waals surface area contributed by atoms with Gasteiger partial charge in [-0.15, -0.1) is 0 Å². The summed E-state index contributed by atoms with van der Waals surface area (Å²) < 4.78 is 0. The molecule has 0 atom stereocenters. The number of aliphatic hydroxyl groups excluding tert-OH is 1. The predicted molar refractivity (Wildman–Crippen MR) is 79.6 cm³/mol. The van der Waals surface area contributed by atoms with E-state index in [2.05, 4.69) is 43.0 Å². The van der Waals surface area contributed by atoms with E-state index in [0.29, 0.717) is 6.54 Å². The molecule has 0 amide bonds. The van der Waals surface area contributed by atoms with Crippen molar-refractivity contribution in [3.8, 4) is 0 Å². The molecule has 1 heterocycles. The van der Waals surface area contributed by atoms with Crippen LogP contribution in [0.25, 0.3) is 10.8 Å². The molecule has 0 aromatic heterocycles. The molecule has 2 aromatic rings. The first kappa shape index (κ1) is 11.6. The summed E-state index contributed by atoms with van der Waals surface area (Å²) in [6.07, 6.45) is 0. The van der Waals surface area contributed by atoms with Gasteiger partial charge in [-0.3, -0.25) is 0 Å². The van der Waals surface area contributed by atoms with Gasteiger partial charge in [0.05, 0.1) is 12.3 Å². The predicted octanol–water partition coefficient (Wildman–Crippen LogP) is 2.94. The largest absolute Gasteiger partial charge is 0.395 e. The van der Waals surface area contributed by atoms with Crippen molar-refractivity contribution in [2.24, 2.45) is 0 Å². The lowest BCUT2D eigenvalue weighted by Crippen LogP contribution is -2.29. The average molecular weight is 257 g/mol. The summed E-state index contributed by atoms with van der Waals surface area (Å²) in [6.45, 7) is 4.87. The Bertz CT molecular complexity index is 658. The van der Waals surface area contributed by atoms with Gasteiger partial charge in [0.15, 0.2) is 0 Å². The van der Waals surface area contributed by atoms with Crippen LogP contribution in [0, 0.1) is 13.8 Å². The highest BCUT2D eigenvalue weighted by molar-refractivity contribution is 7.81. The first-order valence-corrected chi connectivity index (χ1v) is 6.51. The maximum Gasteiger partial charge on any atom is 0.114 e. The summed E-state index contributed by atoms with van der Waals surface area (Å²) in [4.78, 5) is 2.91. The molecule has 92 valence electrons. The van der Waals surface area contributed by atoms with E-state index < -0.39 is 0 Å². The van der Waals surface area contributed by atoms with E-state index in [1.807, 2.05) is 0 Å². The van der Waals surface area contributed by atoms with Crippen molar-refractivity contribution >= 4 is 33.7 Å². The van der Waals surface area contributed by atoms with Crippen LogP contribution >= 0.6 is 12.2 Å². The van der Waals surface area contributed by atoms with E-state index >= 15 is 0 Å². The van der Waals surface area contributed by atoms with E-state index in [9.17, 15) is 5.11 Å². The van der Waals surface area contributed by atoms with Gasteiger partial charge in [-0.25, -0.2) is 0 Å². The highest BCUT2D eigenvalue weighted by Crippen LogP contribution is 2.41. The Labute approximate surface area is 112 Å². The van der Waals surface area contributed by atoms with Crippen molar-refractivity contribution in [3.63, 3.8) is 0 Å². The molecule has 2 aromatic carbocycles. The molecule has 3 heteroatoms. The number of rotatable bonds is 2. The minimum atomic E-state index is 0.114. The molecule has 1 aliphatic rings. The van der Waals surface area contributed by atoms with Crippen LogP contribution in [0.4, 0.5) is 5.69 Å². The second-order valence-electron chi connectivity index (χ2n) is 4.77. The van der Waals surface area contributed by atoms with E-state index in [1.54, 1.807) is 0 Å². The zero-order chi connectivity index (χ0) is 12.9. The van der Waals surface area contributed by atoms with Crippen molar-refractivity contribution in [2.75, 3.05) is 18.1 Å². The standard InChI is InChI=1S/C15H15NOS/c1-9-3-5-11-6-4-10(2)14-13(11)12(9)15(18)16(14)7-8-17/h3-6,17H,7-8H2,1-2H3. The highest BCUT2D eigenvalue weighted by atomic mass is 32.1.